The second-order valence-electron chi connectivity index (χ2n) is 4.19. The molecule has 0 saturated heterocycles. The molecule has 2 amide bonds. The van der Waals surface area contributed by atoms with Gasteiger partial charge in [-0.25, -0.2) is 9.59 Å². The summed E-state index contributed by atoms with van der Waals surface area (Å²) in [4.78, 5) is 23.8. The van der Waals surface area contributed by atoms with Crippen molar-refractivity contribution in [2.45, 2.75) is 6.42 Å². The SMILES string of the molecule is O=C(NCCc1ccc(Cl)s1)Nc1ccccc1C(=O)O. The third kappa shape index (κ3) is 4.47. The Bertz CT molecular complexity index is 657. The Labute approximate surface area is 130 Å². The van der Waals surface area contributed by atoms with Crippen LogP contribution in [0.15, 0.2) is 36.4 Å². The summed E-state index contributed by atoms with van der Waals surface area (Å²) in [6, 6.07) is 9.53. The van der Waals surface area contributed by atoms with Gasteiger partial charge < -0.3 is 15.7 Å². The summed E-state index contributed by atoms with van der Waals surface area (Å²) in [5.74, 6) is -1.08. The monoisotopic (exact) mass is 324 g/mol. The number of hydrogen-bond donors (Lipinski definition) is 3. The van der Waals surface area contributed by atoms with E-state index in [9.17, 15) is 9.59 Å². The third-order valence-electron chi connectivity index (χ3n) is 2.69. The van der Waals surface area contributed by atoms with Crippen LogP contribution in [0.25, 0.3) is 0 Å². The molecule has 7 heteroatoms. The lowest BCUT2D eigenvalue weighted by molar-refractivity contribution is 0.0698. The van der Waals surface area contributed by atoms with E-state index < -0.39 is 12.0 Å². The first kappa shape index (κ1) is 15.3. The van der Waals surface area contributed by atoms with Gasteiger partial charge in [0.05, 0.1) is 15.6 Å². The number of para-hydroxylation sites is 1. The molecule has 21 heavy (non-hydrogen) atoms. The number of carboxylic acids is 1. The highest BCUT2D eigenvalue weighted by Gasteiger charge is 2.11. The lowest BCUT2D eigenvalue weighted by atomic mass is 10.2. The summed E-state index contributed by atoms with van der Waals surface area (Å²) >= 11 is 7.29. The minimum absolute atomic E-state index is 0.0534. The number of carboxylic acid groups (broad SMARTS) is 1. The first-order valence-corrected chi connectivity index (χ1v) is 7.37. The molecule has 0 radical (unpaired) electrons. The van der Waals surface area contributed by atoms with Crippen molar-refractivity contribution in [3.63, 3.8) is 0 Å². The van der Waals surface area contributed by atoms with Crippen molar-refractivity contribution in [3.8, 4) is 0 Å². The van der Waals surface area contributed by atoms with E-state index >= 15 is 0 Å². The number of urea groups is 1. The molecule has 0 aliphatic heterocycles. The molecule has 0 aliphatic rings. The molecular formula is C14H13ClN2O3S. The Morgan fingerprint density at radius 1 is 1.19 bits per heavy atom. The highest BCUT2D eigenvalue weighted by molar-refractivity contribution is 7.16. The Hall–Kier alpha value is -2.05. The first-order chi connectivity index (χ1) is 10.1. The number of halogens is 1. The van der Waals surface area contributed by atoms with E-state index in [0.717, 1.165) is 4.88 Å². The van der Waals surface area contributed by atoms with Crippen molar-refractivity contribution in [2.75, 3.05) is 11.9 Å². The summed E-state index contributed by atoms with van der Waals surface area (Å²) in [6.45, 7) is 0.442. The van der Waals surface area contributed by atoms with Gasteiger partial charge in [-0.3, -0.25) is 0 Å². The number of anilines is 1. The Balaban J connectivity index is 1.86. The molecule has 3 N–H and O–H groups in total. The van der Waals surface area contributed by atoms with Crippen LogP contribution in [-0.4, -0.2) is 23.7 Å². The van der Waals surface area contributed by atoms with Gasteiger partial charge >= 0.3 is 12.0 Å². The molecule has 0 fully saturated rings. The van der Waals surface area contributed by atoms with Gasteiger partial charge in [0.25, 0.3) is 0 Å². The minimum atomic E-state index is -1.08. The van der Waals surface area contributed by atoms with Gasteiger partial charge in [-0.15, -0.1) is 11.3 Å². The number of nitrogens with one attached hydrogen (secondary N) is 2. The van der Waals surface area contributed by atoms with E-state index in [1.807, 2.05) is 12.1 Å². The molecule has 110 valence electrons. The van der Waals surface area contributed by atoms with Crippen LogP contribution in [0.2, 0.25) is 4.34 Å². The molecule has 0 aliphatic carbocycles. The fourth-order valence-corrected chi connectivity index (χ4v) is 2.82. The molecule has 0 saturated carbocycles. The zero-order chi connectivity index (χ0) is 15.2. The molecular weight excluding hydrogens is 312 g/mol. The topological polar surface area (TPSA) is 78.4 Å². The van der Waals surface area contributed by atoms with Gasteiger partial charge in [-0.05, 0) is 30.7 Å². The fourth-order valence-electron chi connectivity index (χ4n) is 1.73. The van der Waals surface area contributed by atoms with Crippen LogP contribution in [-0.2, 0) is 6.42 Å². The molecule has 0 atom stereocenters. The van der Waals surface area contributed by atoms with Gasteiger partial charge in [-0.2, -0.15) is 0 Å². The average molecular weight is 325 g/mol. The Morgan fingerprint density at radius 2 is 1.95 bits per heavy atom. The van der Waals surface area contributed by atoms with E-state index in [-0.39, 0.29) is 11.3 Å². The molecule has 2 rings (SSSR count). The molecule has 2 aromatic rings. The Morgan fingerprint density at radius 3 is 2.62 bits per heavy atom. The van der Waals surface area contributed by atoms with Gasteiger partial charge in [0.2, 0.25) is 0 Å². The smallest absolute Gasteiger partial charge is 0.337 e. The Kier molecular flexibility index (Phi) is 5.19. The zero-order valence-corrected chi connectivity index (χ0v) is 12.5. The van der Waals surface area contributed by atoms with Gasteiger partial charge in [0.1, 0.15) is 0 Å². The quantitative estimate of drug-likeness (QED) is 0.788. The molecule has 5 nitrogen and oxygen atoms in total. The maximum absolute atomic E-state index is 11.7. The van der Waals surface area contributed by atoms with E-state index in [2.05, 4.69) is 10.6 Å². The van der Waals surface area contributed by atoms with E-state index in [4.69, 9.17) is 16.7 Å². The number of thiophene rings is 1. The standard InChI is InChI=1S/C14H13ClN2O3S/c15-12-6-5-9(21-12)7-8-16-14(20)17-11-4-2-1-3-10(11)13(18)19/h1-6H,7-8H2,(H,18,19)(H2,16,17,20). The number of carbonyl (C=O) groups excluding carboxylic acids is 1. The van der Waals surface area contributed by atoms with Crippen molar-refractivity contribution in [2.24, 2.45) is 0 Å². The maximum atomic E-state index is 11.7. The maximum Gasteiger partial charge on any atom is 0.337 e. The van der Waals surface area contributed by atoms with Crippen LogP contribution < -0.4 is 10.6 Å². The number of aromatic carboxylic acids is 1. The van der Waals surface area contributed by atoms with Gasteiger partial charge in [0.15, 0.2) is 0 Å². The van der Waals surface area contributed by atoms with Crippen molar-refractivity contribution in [1.29, 1.82) is 0 Å². The molecule has 0 spiro atoms. The molecule has 0 unspecified atom stereocenters. The summed E-state index contributed by atoms with van der Waals surface area (Å²) in [5, 5.41) is 14.2. The van der Waals surface area contributed by atoms with Crippen molar-refractivity contribution >= 4 is 40.6 Å². The van der Waals surface area contributed by atoms with Crippen LogP contribution in [0.5, 0.6) is 0 Å². The number of benzene rings is 1. The van der Waals surface area contributed by atoms with E-state index in [0.29, 0.717) is 17.3 Å². The second kappa shape index (κ2) is 7.10. The molecule has 1 aromatic carbocycles. The van der Waals surface area contributed by atoms with Gasteiger partial charge in [-0.1, -0.05) is 23.7 Å². The average Bonchev–Trinajstić information content (AvgIpc) is 2.85. The fraction of sp³-hybridized carbons (Fsp3) is 0.143. The van der Waals surface area contributed by atoms with Crippen molar-refractivity contribution in [3.05, 3.63) is 51.2 Å². The highest BCUT2D eigenvalue weighted by Crippen LogP contribution is 2.21. The lowest BCUT2D eigenvalue weighted by Gasteiger charge is -2.09. The summed E-state index contributed by atoms with van der Waals surface area (Å²) in [7, 11) is 0. The number of amides is 2. The summed E-state index contributed by atoms with van der Waals surface area (Å²) in [6.07, 6.45) is 0.672. The summed E-state index contributed by atoms with van der Waals surface area (Å²) < 4.78 is 0.713. The number of carbonyl (C=O) groups is 2. The minimum Gasteiger partial charge on any atom is -0.478 e. The van der Waals surface area contributed by atoms with E-state index in [1.54, 1.807) is 18.2 Å². The second-order valence-corrected chi connectivity index (χ2v) is 5.99. The largest absolute Gasteiger partial charge is 0.478 e. The van der Waals surface area contributed by atoms with E-state index in [1.165, 1.54) is 17.4 Å². The molecule has 1 heterocycles. The molecule has 0 bridgehead atoms. The van der Waals surface area contributed by atoms with Gasteiger partial charge in [0, 0.05) is 11.4 Å². The predicted octanol–water partition coefficient (Wildman–Crippen LogP) is 3.46. The first-order valence-electron chi connectivity index (χ1n) is 6.17. The van der Waals surface area contributed by atoms with Crippen LogP contribution >= 0.6 is 22.9 Å². The number of hydrogen-bond acceptors (Lipinski definition) is 3. The normalized spacial score (nSPS) is 10.1. The van der Waals surface area contributed by atoms with Crippen LogP contribution in [0.1, 0.15) is 15.2 Å². The highest BCUT2D eigenvalue weighted by atomic mass is 35.5. The van der Waals surface area contributed by atoms with Crippen LogP contribution in [0, 0.1) is 0 Å². The predicted molar refractivity (Wildman–Crippen MR) is 83.5 cm³/mol. The lowest BCUT2D eigenvalue weighted by Crippen LogP contribution is -2.30. The molecule has 1 aromatic heterocycles. The number of rotatable bonds is 5. The zero-order valence-electron chi connectivity index (χ0n) is 10.9. The third-order valence-corrected chi connectivity index (χ3v) is 3.98. The van der Waals surface area contributed by atoms with Crippen molar-refractivity contribution in [1.82, 2.24) is 5.32 Å². The summed E-state index contributed by atoms with van der Waals surface area (Å²) in [5.41, 5.74) is 0.319. The van der Waals surface area contributed by atoms with Crippen LogP contribution in [0.4, 0.5) is 10.5 Å². The van der Waals surface area contributed by atoms with Crippen molar-refractivity contribution < 1.29 is 14.7 Å². The van der Waals surface area contributed by atoms with Crippen LogP contribution in [0.3, 0.4) is 0 Å².